The summed E-state index contributed by atoms with van der Waals surface area (Å²) in [6.45, 7) is 3.65. The fourth-order valence-electron chi connectivity index (χ4n) is 4.68. The Balaban J connectivity index is 1.52. The van der Waals surface area contributed by atoms with Gasteiger partial charge in [0.25, 0.3) is 5.91 Å². The number of hydrogen-bond acceptors (Lipinski definition) is 7. The number of anilines is 1. The predicted octanol–water partition coefficient (Wildman–Crippen LogP) is 4.15. The average molecular weight is 496 g/mol. The van der Waals surface area contributed by atoms with Gasteiger partial charge in [0.2, 0.25) is 5.88 Å². The van der Waals surface area contributed by atoms with Crippen molar-refractivity contribution in [2.45, 2.75) is 25.5 Å². The lowest BCUT2D eigenvalue weighted by Gasteiger charge is -2.29. The second kappa shape index (κ2) is 11.1. The number of benzene rings is 2. The Hall–Kier alpha value is -3.43. The molecule has 1 aromatic heterocycles. The number of rotatable bonds is 8. The lowest BCUT2D eigenvalue weighted by molar-refractivity contribution is 0.0507. The van der Waals surface area contributed by atoms with Crippen molar-refractivity contribution < 1.29 is 27.9 Å². The first-order valence-corrected chi connectivity index (χ1v) is 12.2. The number of ether oxygens (including phenoxy) is 3. The number of methoxy groups -OCH3 is 1. The summed E-state index contributed by atoms with van der Waals surface area (Å²) in [5, 5.41) is 4.28. The van der Waals surface area contributed by atoms with Gasteiger partial charge in [0, 0.05) is 37.4 Å². The van der Waals surface area contributed by atoms with Crippen LogP contribution in [-0.2, 0) is 16.0 Å². The molecule has 36 heavy (non-hydrogen) atoms. The number of nitrogens with zero attached hydrogens (tertiary/aromatic N) is 3. The zero-order valence-corrected chi connectivity index (χ0v) is 20.3. The molecule has 2 saturated heterocycles. The Morgan fingerprint density at radius 3 is 2.61 bits per heavy atom. The molecular weight excluding hydrogens is 465 g/mol. The van der Waals surface area contributed by atoms with E-state index in [4.69, 9.17) is 18.7 Å². The Labute approximate surface area is 209 Å². The van der Waals surface area contributed by atoms with Gasteiger partial charge in [-0.25, -0.2) is 4.39 Å². The van der Waals surface area contributed by atoms with E-state index in [1.165, 1.54) is 6.07 Å². The van der Waals surface area contributed by atoms with Crippen LogP contribution in [0.1, 0.15) is 28.8 Å². The molecule has 2 aliphatic rings. The number of halogens is 1. The van der Waals surface area contributed by atoms with Gasteiger partial charge in [-0.15, -0.1) is 0 Å². The minimum Gasteiger partial charge on any atom is -0.497 e. The molecule has 3 aromatic rings. The highest BCUT2D eigenvalue weighted by Crippen LogP contribution is 2.35. The molecule has 0 saturated carbocycles. The Morgan fingerprint density at radius 2 is 1.92 bits per heavy atom. The van der Waals surface area contributed by atoms with E-state index < -0.39 is 5.82 Å². The highest BCUT2D eigenvalue weighted by molar-refractivity contribution is 5.94. The van der Waals surface area contributed by atoms with Crippen LogP contribution in [-0.4, -0.2) is 68.6 Å². The topological polar surface area (TPSA) is 77.3 Å². The monoisotopic (exact) mass is 495 g/mol. The fraction of sp³-hybridized carbons (Fsp3) is 0.407. The summed E-state index contributed by atoms with van der Waals surface area (Å²) in [6, 6.07) is 13.5. The number of carbonyl (C=O) groups is 1. The van der Waals surface area contributed by atoms with Gasteiger partial charge >= 0.3 is 0 Å². The maximum absolute atomic E-state index is 14.8. The first-order valence-electron chi connectivity index (χ1n) is 12.2. The quantitative estimate of drug-likeness (QED) is 0.465. The van der Waals surface area contributed by atoms with Gasteiger partial charge in [-0.1, -0.05) is 17.3 Å². The molecule has 2 fully saturated rings. The SMILES string of the molecule is COc1ccc(C(=O)N(Cc2c(-c3ccccc3F)noc2N2CCOCC2)C[C@@H]2CCCO2)cc1. The van der Waals surface area contributed by atoms with E-state index in [1.807, 2.05) is 4.90 Å². The summed E-state index contributed by atoms with van der Waals surface area (Å²) in [5.74, 6) is 0.665. The number of carbonyl (C=O) groups excluding carboxylic acids is 1. The molecule has 1 amide bonds. The Morgan fingerprint density at radius 1 is 1.14 bits per heavy atom. The molecule has 0 radical (unpaired) electrons. The molecule has 9 heteroatoms. The lowest BCUT2D eigenvalue weighted by atomic mass is 10.0. The minimum absolute atomic E-state index is 0.0594. The van der Waals surface area contributed by atoms with Crippen molar-refractivity contribution in [3.63, 3.8) is 0 Å². The van der Waals surface area contributed by atoms with Crippen LogP contribution in [0.5, 0.6) is 5.75 Å². The van der Waals surface area contributed by atoms with Crippen molar-refractivity contribution in [1.29, 1.82) is 0 Å². The predicted molar refractivity (Wildman–Crippen MR) is 132 cm³/mol. The van der Waals surface area contributed by atoms with Crippen LogP contribution in [0.15, 0.2) is 53.1 Å². The summed E-state index contributed by atoms with van der Waals surface area (Å²) < 4.78 is 37.2. The van der Waals surface area contributed by atoms with Gasteiger partial charge in [0.15, 0.2) is 0 Å². The average Bonchev–Trinajstić information content (AvgIpc) is 3.59. The van der Waals surface area contributed by atoms with E-state index in [0.717, 1.165) is 12.8 Å². The zero-order valence-electron chi connectivity index (χ0n) is 20.3. The molecule has 0 spiro atoms. The third kappa shape index (κ3) is 5.22. The van der Waals surface area contributed by atoms with E-state index in [-0.39, 0.29) is 18.6 Å². The standard InChI is InChI=1S/C27H30FN3O5/c1-33-20-10-8-19(9-11-20)26(32)31(17-21-5-4-14-35-21)18-23-25(22-6-2-3-7-24(22)28)29-36-27(23)30-12-15-34-16-13-30/h2-3,6-11,21H,4-5,12-18H2,1H3/t21-/m0/s1. The first kappa shape index (κ1) is 24.3. The van der Waals surface area contributed by atoms with Crippen LogP contribution >= 0.6 is 0 Å². The van der Waals surface area contributed by atoms with Gasteiger partial charge in [0.05, 0.1) is 38.5 Å². The molecule has 5 rings (SSSR count). The van der Waals surface area contributed by atoms with Gasteiger partial charge < -0.3 is 28.5 Å². The van der Waals surface area contributed by atoms with Crippen molar-refractivity contribution in [2.24, 2.45) is 0 Å². The molecular formula is C27H30FN3O5. The highest BCUT2D eigenvalue weighted by Gasteiger charge is 2.30. The molecule has 1 atom stereocenters. The number of amides is 1. The van der Waals surface area contributed by atoms with Gasteiger partial charge in [-0.3, -0.25) is 4.79 Å². The summed E-state index contributed by atoms with van der Waals surface area (Å²) in [5.41, 5.74) is 1.94. The molecule has 190 valence electrons. The summed E-state index contributed by atoms with van der Waals surface area (Å²) in [6.07, 6.45) is 1.78. The second-order valence-electron chi connectivity index (χ2n) is 8.94. The third-order valence-electron chi connectivity index (χ3n) is 6.62. The van der Waals surface area contributed by atoms with Gasteiger partial charge in [-0.2, -0.15) is 0 Å². The van der Waals surface area contributed by atoms with Crippen molar-refractivity contribution in [2.75, 3.05) is 51.5 Å². The molecule has 0 bridgehead atoms. The molecule has 0 unspecified atom stereocenters. The molecule has 0 N–H and O–H groups in total. The van der Waals surface area contributed by atoms with E-state index in [1.54, 1.807) is 54.5 Å². The van der Waals surface area contributed by atoms with E-state index in [2.05, 4.69) is 5.16 Å². The van der Waals surface area contributed by atoms with Gasteiger partial charge in [0.1, 0.15) is 17.3 Å². The van der Waals surface area contributed by atoms with Crippen molar-refractivity contribution in [1.82, 2.24) is 10.1 Å². The Bertz CT molecular complexity index is 1170. The third-order valence-corrected chi connectivity index (χ3v) is 6.62. The van der Waals surface area contributed by atoms with Crippen LogP contribution in [0.4, 0.5) is 10.3 Å². The number of hydrogen-bond donors (Lipinski definition) is 0. The van der Waals surface area contributed by atoms with E-state index >= 15 is 0 Å². The Kier molecular flexibility index (Phi) is 7.48. The van der Waals surface area contributed by atoms with Crippen molar-refractivity contribution >= 4 is 11.8 Å². The fourth-order valence-corrected chi connectivity index (χ4v) is 4.68. The molecule has 2 aromatic carbocycles. The van der Waals surface area contributed by atoms with Crippen LogP contribution < -0.4 is 9.64 Å². The maximum Gasteiger partial charge on any atom is 0.254 e. The van der Waals surface area contributed by atoms with Crippen molar-refractivity contribution in [3.8, 4) is 17.0 Å². The van der Waals surface area contributed by atoms with Crippen LogP contribution in [0.3, 0.4) is 0 Å². The maximum atomic E-state index is 14.8. The van der Waals surface area contributed by atoms with Crippen molar-refractivity contribution in [3.05, 3.63) is 65.5 Å². The minimum atomic E-state index is -0.396. The van der Waals surface area contributed by atoms with E-state index in [9.17, 15) is 9.18 Å². The zero-order chi connectivity index (χ0) is 24.9. The molecule has 0 aliphatic carbocycles. The highest BCUT2D eigenvalue weighted by atomic mass is 19.1. The summed E-state index contributed by atoms with van der Waals surface area (Å²) in [7, 11) is 1.59. The number of morpholine rings is 1. The van der Waals surface area contributed by atoms with Crippen LogP contribution in [0, 0.1) is 5.82 Å². The summed E-state index contributed by atoms with van der Waals surface area (Å²) in [4.78, 5) is 17.5. The normalized spacial score (nSPS) is 17.8. The molecule has 2 aliphatic heterocycles. The van der Waals surface area contributed by atoms with Gasteiger partial charge in [-0.05, 0) is 49.2 Å². The second-order valence-corrected chi connectivity index (χ2v) is 8.94. The lowest BCUT2D eigenvalue weighted by Crippen LogP contribution is -2.39. The summed E-state index contributed by atoms with van der Waals surface area (Å²) >= 11 is 0. The van der Waals surface area contributed by atoms with Crippen LogP contribution in [0.2, 0.25) is 0 Å². The molecule has 3 heterocycles. The number of aromatic nitrogens is 1. The smallest absolute Gasteiger partial charge is 0.254 e. The van der Waals surface area contributed by atoms with E-state index in [0.29, 0.717) is 73.5 Å². The largest absolute Gasteiger partial charge is 0.497 e. The first-order chi connectivity index (χ1) is 17.6. The molecule has 8 nitrogen and oxygen atoms in total. The van der Waals surface area contributed by atoms with Crippen LogP contribution in [0.25, 0.3) is 11.3 Å².